The van der Waals surface area contributed by atoms with Crippen molar-refractivity contribution in [3.05, 3.63) is 0 Å². The Morgan fingerprint density at radius 3 is 2.36 bits per heavy atom. The van der Waals surface area contributed by atoms with Gasteiger partial charge >= 0.3 is 0 Å². The highest BCUT2D eigenvalue weighted by molar-refractivity contribution is 4.71. The molecule has 11 heavy (non-hydrogen) atoms. The average Bonchev–Trinajstić information content (AvgIpc) is 1.86. The summed E-state index contributed by atoms with van der Waals surface area (Å²) in [6.45, 7) is 9.12. The van der Waals surface area contributed by atoms with Gasteiger partial charge in [-0.1, -0.05) is 6.92 Å². The lowest BCUT2D eigenvalue weighted by atomic mass is 9.95. The summed E-state index contributed by atoms with van der Waals surface area (Å²) in [5, 5.41) is 8.81. The Balaban J connectivity index is 3.70. The van der Waals surface area contributed by atoms with Gasteiger partial charge in [0.15, 0.2) is 0 Å². The zero-order chi connectivity index (χ0) is 8.91. The predicted octanol–water partition coefficient (Wildman–Crippen LogP) is 1.82. The van der Waals surface area contributed by atoms with Gasteiger partial charge in [0.05, 0.1) is 5.60 Å². The summed E-state index contributed by atoms with van der Waals surface area (Å²) in [6.07, 6.45) is 0.914. The van der Waals surface area contributed by atoms with Gasteiger partial charge in [0.25, 0.3) is 0 Å². The molecule has 0 aliphatic heterocycles. The third-order valence-corrected chi connectivity index (χ3v) is 1.69. The van der Waals surface area contributed by atoms with Gasteiger partial charge in [-0.25, -0.2) is 0 Å². The van der Waals surface area contributed by atoms with Crippen LogP contribution in [0.3, 0.4) is 0 Å². The van der Waals surface area contributed by atoms with Crippen molar-refractivity contribution in [3.63, 3.8) is 0 Å². The van der Waals surface area contributed by atoms with Crippen LogP contribution in [0.1, 0.15) is 34.1 Å². The number of hydrogen-bond acceptors (Lipinski definition) is 2. The monoisotopic (exact) mass is 160 g/mol. The Kier molecular flexibility index (Phi) is 4.69. The second-order valence-corrected chi connectivity index (χ2v) is 3.68. The fraction of sp³-hybridized carbons (Fsp3) is 1.00. The van der Waals surface area contributed by atoms with Crippen LogP contribution in [0.2, 0.25) is 0 Å². The van der Waals surface area contributed by atoms with Crippen LogP contribution >= 0.6 is 0 Å². The minimum absolute atomic E-state index is 0.0864. The highest BCUT2D eigenvalue weighted by Crippen LogP contribution is 2.19. The van der Waals surface area contributed by atoms with Crippen LogP contribution in [-0.2, 0) is 4.74 Å². The molecule has 0 heterocycles. The van der Waals surface area contributed by atoms with Crippen LogP contribution in [0.4, 0.5) is 0 Å². The van der Waals surface area contributed by atoms with E-state index >= 15 is 0 Å². The Labute approximate surface area is 69.6 Å². The summed E-state index contributed by atoms with van der Waals surface area (Å²) in [6, 6.07) is 0. The highest BCUT2D eigenvalue weighted by atomic mass is 16.5. The van der Waals surface area contributed by atoms with E-state index in [1.165, 1.54) is 0 Å². The van der Waals surface area contributed by atoms with Gasteiger partial charge in [0.2, 0.25) is 0 Å². The predicted molar refractivity (Wildman–Crippen MR) is 46.6 cm³/mol. The van der Waals surface area contributed by atoms with Crippen LogP contribution in [0, 0.1) is 5.92 Å². The Morgan fingerprint density at radius 1 is 1.45 bits per heavy atom. The zero-order valence-electron chi connectivity index (χ0n) is 8.05. The highest BCUT2D eigenvalue weighted by Gasteiger charge is 2.20. The molecule has 2 nitrogen and oxygen atoms in total. The lowest BCUT2D eigenvalue weighted by Gasteiger charge is -2.27. The van der Waals surface area contributed by atoms with Gasteiger partial charge in [-0.15, -0.1) is 0 Å². The smallest absolute Gasteiger partial charge is 0.0629 e. The molecule has 0 aromatic carbocycles. The summed E-state index contributed by atoms with van der Waals surface area (Å²) in [4.78, 5) is 0. The van der Waals surface area contributed by atoms with Crippen molar-refractivity contribution in [2.75, 3.05) is 13.2 Å². The molecule has 0 bridgehead atoms. The van der Waals surface area contributed by atoms with Crippen molar-refractivity contribution in [3.8, 4) is 0 Å². The molecule has 0 aliphatic rings. The molecule has 0 aromatic heterocycles. The third-order valence-electron chi connectivity index (χ3n) is 1.69. The van der Waals surface area contributed by atoms with E-state index in [0.717, 1.165) is 13.0 Å². The molecule has 1 atom stereocenters. The van der Waals surface area contributed by atoms with E-state index in [1.807, 2.05) is 13.8 Å². The molecule has 0 fully saturated rings. The molecule has 2 heteroatoms. The van der Waals surface area contributed by atoms with Crippen LogP contribution in [-0.4, -0.2) is 23.9 Å². The Morgan fingerprint density at radius 2 is 2.00 bits per heavy atom. The van der Waals surface area contributed by atoms with E-state index < -0.39 is 0 Å². The molecule has 0 radical (unpaired) electrons. The standard InChI is InChI=1S/C9H20O2/c1-5-11-9(3,4)6-8(2)7-10/h8,10H,5-7H2,1-4H3. The van der Waals surface area contributed by atoms with Crippen LogP contribution in [0.25, 0.3) is 0 Å². The number of ether oxygens (including phenoxy) is 1. The summed E-state index contributed by atoms with van der Waals surface area (Å²) >= 11 is 0. The van der Waals surface area contributed by atoms with E-state index in [2.05, 4.69) is 13.8 Å². The first kappa shape index (κ1) is 10.9. The van der Waals surface area contributed by atoms with Crippen molar-refractivity contribution in [1.82, 2.24) is 0 Å². The van der Waals surface area contributed by atoms with E-state index in [9.17, 15) is 0 Å². The summed E-state index contributed by atoms with van der Waals surface area (Å²) in [7, 11) is 0. The molecular weight excluding hydrogens is 140 g/mol. The number of rotatable bonds is 5. The first-order valence-corrected chi connectivity index (χ1v) is 4.26. The van der Waals surface area contributed by atoms with Crippen molar-refractivity contribution >= 4 is 0 Å². The second-order valence-electron chi connectivity index (χ2n) is 3.68. The van der Waals surface area contributed by atoms with E-state index in [-0.39, 0.29) is 12.2 Å². The zero-order valence-corrected chi connectivity index (χ0v) is 8.05. The van der Waals surface area contributed by atoms with Crippen molar-refractivity contribution in [2.45, 2.75) is 39.7 Å². The average molecular weight is 160 g/mol. The van der Waals surface area contributed by atoms with Gasteiger partial charge in [0, 0.05) is 13.2 Å². The van der Waals surface area contributed by atoms with Crippen molar-refractivity contribution in [2.24, 2.45) is 5.92 Å². The molecule has 1 N–H and O–H groups in total. The lowest BCUT2D eigenvalue weighted by Crippen LogP contribution is -2.28. The minimum atomic E-state index is -0.0864. The summed E-state index contributed by atoms with van der Waals surface area (Å²) in [5.74, 6) is 0.330. The molecular formula is C9H20O2. The van der Waals surface area contributed by atoms with Crippen LogP contribution in [0.5, 0.6) is 0 Å². The van der Waals surface area contributed by atoms with E-state index in [1.54, 1.807) is 0 Å². The normalized spacial score (nSPS) is 15.0. The number of hydrogen-bond donors (Lipinski definition) is 1. The fourth-order valence-corrected chi connectivity index (χ4v) is 1.35. The maximum absolute atomic E-state index is 8.81. The first-order valence-electron chi connectivity index (χ1n) is 4.26. The molecule has 0 rings (SSSR count). The van der Waals surface area contributed by atoms with Crippen molar-refractivity contribution < 1.29 is 9.84 Å². The number of aliphatic hydroxyl groups excluding tert-OH is 1. The molecule has 0 saturated carbocycles. The molecule has 0 amide bonds. The van der Waals surface area contributed by atoms with Crippen LogP contribution < -0.4 is 0 Å². The van der Waals surface area contributed by atoms with Gasteiger partial charge in [0.1, 0.15) is 0 Å². The topological polar surface area (TPSA) is 29.5 Å². The summed E-state index contributed by atoms with van der Waals surface area (Å²) < 4.78 is 5.49. The first-order chi connectivity index (χ1) is 5.02. The SMILES string of the molecule is CCOC(C)(C)CC(C)CO. The van der Waals surface area contributed by atoms with Gasteiger partial charge in [-0.2, -0.15) is 0 Å². The quantitative estimate of drug-likeness (QED) is 0.664. The Hall–Kier alpha value is -0.0800. The molecule has 0 saturated heterocycles. The molecule has 0 aliphatic carbocycles. The largest absolute Gasteiger partial charge is 0.396 e. The molecule has 0 spiro atoms. The van der Waals surface area contributed by atoms with Gasteiger partial charge in [-0.3, -0.25) is 0 Å². The lowest BCUT2D eigenvalue weighted by molar-refractivity contribution is -0.0305. The van der Waals surface area contributed by atoms with Gasteiger partial charge < -0.3 is 9.84 Å². The maximum Gasteiger partial charge on any atom is 0.0629 e. The fourth-order valence-electron chi connectivity index (χ4n) is 1.35. The second kappa shape index (κ2) is 4.73. The van der Waals surface area contributed by atoms with E-state index in [0.29, 0.717) is 5.92 Å². The van der Waals surface area contributed by atoms with Crippen molar-refractivity contribution in [1.29, 1.82) is 0 Å². The maximum atomic E-state index is 8.81. The van der Waals surface area contributed by atoms with Gasteiger partial charge in [-0.05, 0) is 33.1 Å². The Bertz CT molecular complexity index is 99.7. The number of aliphatic hydroxyl groups is 1. The molecule has 68 valence electrons. The molecule has 0 aromatic rings. The van der Waals surface area contributed by atoms with Crippen LogP contribution in [0.15, 0.2) is 0 Å². The minimum Gasteiger partial charge on any atom is -0.396 e. The third kappa shape index (κ3) is 5.22. The van der Waals surface area contributed by atoms with E-state index in [4.69, 9.17) is 9.84 Å². The summed E-state index contributed by atoms with van der Waals surface area (Å²) in [5.41, 5.74) is -0.0864. The molecule has 1 unspecified atom stereocenters.